The van der Waals surface area contributed by atoms with Crippen LogP contribution in [0, 0.1) is 10.1 Å². The molecule has 0 bridgehead atoms. The van der Waals surface area contributed by atoms with E-state index in [2.05, 4.69) is 15.4 Å². The van der Waals surface area contributed by atoms with Gasteiger partial charge in [-0.05, 0) is 37.3 Å². The number of hydrogen-bond acceptors (Lipinski definition) is 7. The third-order valence-electron chi connectivity index (χ3n) is 3.86. The number of nitrogens with one attached hydrogen (secondary N) is 1. The van der Waals surface area contributed by atoms with Crippen LogP contribution in [0.1, 0.15) is 23.0 Å². The number of nitro groups is 1. The number of esters is 1. The Hall–Kier alpha value is -3.96. The summed E-state index contributed by atoms with van der Waals surface area (Å²) >= 11 is 0. The van der Waals surface area contributed by atoms with Gasteiger partial charge in [0, 0.05) is 12.1 Å². The Labute approximate surface area is 166 Å². The van der Waals surface area contributed by atoms with Crippen molar-refractivity contribution in [3.63, 3.8) is 0 Å². The number of H-pyrrole nitrogens is 1. The zero-order chi connectivity index (χ0) is 21.9. The molecule has 1 heterocycles. The number of nitrogens with zero attached hydrogens (tertiary/aromatic N) is 3. The molecule has 0 fully saturated rings. The smallest absolute Gasteiger partial charge is 0.416 e. The van der Waals surface area contributed by atoms with E-state index in [0.29, 0.717) is 0 Å². The second kappa shape index (κ2) is 8.19. The maximum absolute atomic E-state index is 12.7. The van der Waals surface area contributed by atoms with E-state index in [4.69, 9.17) is 9.47 Å². The van der Waals surface area contributed by atoms with Crippen molar-refractivity contribution >= 4 is 11.7 Å². The lowest BCUT2D eigenvalue weighted by molar-refractivity contribution is -0.384. The number of ether oxygens (including phenoxy) is 2. The summed E-state index contributed by atoms with van der Waals surface area (Å²) in [4.78, 5) is 22.6. The van der Waals surface area contributed by atoms with Crippen LogP contribution < -0.4 is 4.74 Å². The van der Waals surface area contributed by atoms with Gasteiger partial charge in [0.05, 0.1) is 22.7 Å². The minimum Gasteiger partial charge on any atom is -0.461 e. The van der Waals surface area contributed by atoms with Crippen molar-refractivity contribution in [1.82, 2.24) is 15.4 Å². The lowest BCUT2D eigenvalue weighted by atomic mass is 10.1. The summed E-state index contributed by atoms with van der Waals surface area (Å²) in [6.45, 7) is 1.65. The number of halogens is 3. The van der Waals surface area contributed by atoms with Crippen LogP contribution in [0.3, 0.4) is 0 Å². The molecule has 3 rings (SSSR count). The van der Waals surface area contributed by atoms with Gasteiger partial charge in [-0.25, -0.2) is 4.79 Å². The monoisotopic (exact) mass is 422 g/mol. The molecule has 9 nitrogen and oxygen atoms in total. The van der Waals surface area contributed by atoms with Crippen molar-refractivity contribution < 1.29 is 32.4 Å². The molecule has 0 saturated heterocycles. The normalized spacial score (nSPS) is 11.2. The average Bonchev–Trinajstić information content (AvgIpc) is 3.18. The first-order chi connectivity index (χ1) is 14.2. The summed E-state index contributed by atoms with van der Waals surface area (Å²) in [6.07, 6.45) is -4.51. The molecule has 0 amide bonds. The fraction of sp³-hybridized carbons (Fsp3) is 0.167. The fourth-order valence-electron chi connectivity index (χ4n) is 2.50. The van der Waals surface area contributed by atoms with Gasteiger partial charge in [0.25, 0.3) is 5.69 Å². The SMILES string of the molecule is CCOC(=O)c1n[nH]nc1-c1cc([N+](=O)[O-])ccc1Oc1ccc(C(F)(F)F)cc1. The topological polar surface area (TPSA) is 120 Å². The van der Waals surface area contributed by atoms with Crippen molar-refractivity contribution in [3.8, 4) is 22.8 Å². The average molecular weight is 422 g/mol. The molecule has 12 heteroatoms. The molecule has 0 unspecified atom stereocenters. The molecule has 0 aliphatic carbocycles. The number of nitro benzene ring substituents is 1. The van der Waals surface area contributed by atoms with E-state index in [0.717, 1.165) is 36.4 Å². The highest BCUT2D eigenvalue weighted by Crippen LogP contribution is 2.37. The molecule has 0 aliphatic heterocycles. The van der Waals surface area contributed by atoms with Crippen LogP contribution in [-0.4, -0.2) is 32.9 Å². The number of non-ortho nitro benzene ring substituents is 1. The Bertz CT molecular complexity index is 1080. The summed E-state index contributed by atoms with van der Waals surface area (Å²) in [7, 11) is 0. The van der Waals surface area contributed by atoms with Gasteiger partial charge in [-0.1, -0.05) is 0 Å². The van der Waals surface area contributed by atoms with Gasteiger partial charge in [0.1, 0.15) is 17.2 Å². The van der Waals surface area contributed by atoms with Crippen LogP contribution in [0.25, 0.3) is 11.3 Å². The highest BCUT2D eigenvalue weighted by atomic mass is 19.4. The second-order valence-electron chi connectivity index (χ2n) is 5.80. The molecule has 0 aliphatic rings. The van der Waals surface area contributed by atoms with E-state index in [1.807, 2.05) is 0 Å². The number of alkyl halides is 3. The Balaban J connectivity index is 2.03. The van der Waals surface area contributed by atoms with Crippen molar-refractivity contribution in [2.24, 2.45) is 0 Å². The molecule has 156 valence electrons. The summed E-state index contributed by atoms with van der Waals surface area (Å²) in [5.74, 6) is -0.757. The van der Waals surface area contributed by atoms with E-state index in [-0.39, 0.29) is 40.7 Å². The lowest BCUT2D eigenvalue weighted by Gasteiger charge is -2.12. The van der Waals surface area contributed by atoms with Crippen LogP contribution >= 0.6 is 0 Å². The van der Waals surface area contributed by atoms with Gasteiger partial charge in [0.15, 0.2) is 5.69 Å². The van der Waals surface area contributed by atoms with Crippen LogP contribution in [0.15, 0.2) is 42.5 Å². The van der Waals surface area contributed by atoms with E-state index in [1.165, 1.54) is 6.07 Å². The van der Waals surface area contributed by atoms with Gasteiger partial charge in [-0.3, -0.25) is 10.1 Å². The molecule has 0 radical (unpaired) electrons. The Morgan fingerprint density at radius 1 is 1.17 bits per heavy atom. The number of aromatic nitrogens is 3. The van der Waals surface area contributed by atoms with Crippen LogP contribution in [0.2, 0.25) is 0 Å². The lowest BCUT2D eigenvalue weighted by Crippen LogP contribution is -2.07. The Kier molecular flexibility index (Phi) is 5.67. The maximum Gasteiger partial charge on any atom is 0.416 e. The van der Waals surface area contributed by atoms with E-state index >= 15 is 0 Å². The quantitative estimate of drug-likeness (QED) is 0.356. The van der Waals surface area contributed by atoms with Gasteiger partial charge >= 0.3 is 12.1 Å². The molecule has 0 spiro atoms. The third kappa shape index (κ3) is 4.37. The molecule has 3 aromatic rings. The maximum atomic E-state index is 12.7. The first-order valence-electron chi connectivity index (χ1n) is 8.42. The van der Waals surface area contributed by atoms with Gasteiger partial charge < -0.3 is 9.47 Å². The van der Waals surface area contributed by atoms with Gasteiger partial charge in [0.2, 0.25) is 0 Å². The van der Waals surface area contributed by atoms with Crippen molar-refractivity contribution in [2.45, 2.75) is 13.1 Å². The van der Waals surface area contributed by atoms with Crippen LogP contribution in [0.4, 0.5) is 18.9 Å². The fourth-order valence-corrected chi connectivity index (χ4v) is 2.50. The number of carbonyl (C=O) groups excluding carboxylic acids is 1. The molecule has 0 atom stereocenters. The number of hydrogen-bond donors (Lipinski definition) is 1. The number of benzene rings is 2. The predicted molar refractivity (Wildman–Crippen MR) is 95.9 cm³/mol. The highest BCUT2D eigenvalue weighted by molar-refractivity contribution is 5.95. The summed E-state index contributed by atoms with van der Waals surface area (Å²) in [6, 6.07) is 7.37. The minimum atomic E-state index is -4.51. The molecular formula is C18H13F3N4O5. The van der Waals surface area contributed by atoms with Gasteiger partial charge in [-0.15, -0.1) is 5.10 Å². The van der Waals surface area contributed by atoms with E-state index in [9.17, 15) is 28.1 Å². The molecular weight excluding hydrogens is 409 g/mol. The first-order valence-corrected chi connectivity index (χ1v) is 8.42. The Morgan fingerprint density at radius 2 is 1.87 bits per heavy atom. The predicted octanol–water partition coefficient (Wildman–Crippen LogP) is 4.37. The third-order valence-corrected chi connectivity index (χ3v) is 3.86. The second-order valence-corrected chi connectivity index (χ2v) is 5.80. The highest BCUT2D eigenvalue weighted by Gasteiger charge is 2.30. The molecule has 0 saturated carbocycles. The Morgan fingerprint density at radius 3 is 2.47 bits per heavy atom. The molecule has 30 heavy (non-hydrogen) atoms. The van der Waals surface area contributed by atoms with Crippen molar-refractivity contribution in [1.29, 1.82) is 0 Å². The zero-order valence-electron chi connectivity index (χ0n) is 15.3. The zero-order valence-corrected chi connectivity index (χ0v) is 15.3. The summed E-state index contributed by atoms with van der Waals surface area (Å²) in [5, 5.41) is 21.0. The number of aromatic amines is 1. The summed E-state index contributed by atoms with van der Waals surface area (Å²) in [5.41, 5.74) is -1.45. The van der Waals surface area contributed by atoms with Crippen molar-refractivity contribution in [2.75, 3.05) is 6.61 Å². The molecule has 1 N–H and O–H groups in total. The van der Waals surface area contributed by atoms with Crippen LogP contribution in [-0.2, 0) is 10.9 Å². The molecule has 1 aromatic heterocycles. The van der Waals surface area contributed by atoms with Crippen LogP contribution in [0.5, 0.6) is 11.5 Å². The molecule has 2 aromatic carbocycles. The minimum absolute atomic E-state index is 0.0137. The largest absolute Gasteiger partial charge is 0.461 e. The van der Waals surface area contributed by atoms with E-state index in [1.54, 1.807) is 6.92 Å². The van der Waals surface area contributed by atoms with E-state index < -0.39 is 22.6 Å². The number of carbonyl (C=O) groups is 1. The first kappa shape index (κ1) is 20.8. The summed E-state index contributed by atoms with van der Waals surface area (Å²) < 4.78 is 48.7. The van der Waals surface area contributed by atoms with Gasteiger partial charge in [-0.2, -0.15) is 23.5 Å². The standard InChI is InChI=1S/C18H13F3N4O5/c1-2-29-17(26)16-15(22-24-23-16)13-9-11(25(27)28)5-8-14(13)30-12-6-3-10(4-7-12)18(19,20)21/h3-9H,2H2,1H3,(H,22,23,24). The van der Waals surface area contributed by atoms with Crippen molar-refractivity contribution in [3.05, 3.63) is 63.8 Å². The number of rotatable bonds is 6.